The molecule has 0 aliphatic heterocycles. The van der Waals surface area contributed by atoms with Gasteiger partial charge in [0.1, 0.15) is 5.75 Å². The molecular weight excluding hydrogens is 398 g/mol. The third-order valence-corrected chi connectivity index (χ3v) is 5.21. The first-order valence-corrected chi connectivity index (χ1v) is 9.73. The van der Waals surface area contributed by atoms with Gasteiger partial charge in [-0.15, -0.1) is 0 Å². The molecule has 3 aromatic rings. The number of hydrogen-bond acceptors (Lipinski definition) is 6. The number of methoxy groups -OCH3 is 1. The van der Waals surface area contributed by atoms with E-state index in [4.69, 9.17) is 9.47 Å². The third kappa shape index (κ3) is 4.74. The standard InChI is InChI=1S/C23H25N3O5/c1-14-21(15(2)26(4)24-14)22(28)23(29)31-13-20(27)25(3)12-16-6-7-18-11-19(30-5)9-8-17(18)10-16/h6-11H,12-13H2,1-5H3. The molecule has 31 heavy (non-hydrogen) atoms. The smallest absolute Gasteiger partial charge is 0.380 e. The number of carbonyl (C=O) groups is 3. The first kappa shape index (κ1) is 22.0. The van der Waals surface area contributed by atoms with Crippen molar-refractivity contribution in [2.45, 2.75) is 20.4 Å². The number of esters is 1. The van der Waals surface area contributed by atoms with E-state index in [9.17, 15) is 14.4 Å². The number of aromatic nitrogens is 2. The third-order valence-electron chi connectivity index (χ3n) is 5.21. The molecule has 1 aromatic heterocycles. The Hall–Kier alpha value is -3.68. The van der Waals surface area contributed by atoms with Crippen LogP contribution in [0.3, 0.4) is 0 Å². The Balaban J connectivity index is 1.59. The summed E-state index contributed by atoms with van der Waals surface area (Å²) in [6.45, 7) is 3.17. The van der Waals surface area contributed by atoms with Gasteiger partial charge in [-0.3, -0.25) is 14.3 Å². The normalized spacial score (nSPS) is 10.7. The van der Waals surface area contributed by atoms with Crippen molar-refractivity contribution < 1.29 is 23.9 Å². The van der Waals surface area contributed by atoms with Gasteiger partial charge >= 0.3 is 5.97 Å². The van der Waals surface area contributed by atoms with Gasteiger partial charge in [0.05, 0.1) is 18.4 Å². The highest BCUT2D eigenvalue weighted by atomic mass is 16.5. The number of hydrogen-bond donors (Lipinski definition) is 0. The Morgan fingerprint density at radius 2 is 1.74 bits per heavy atom. The van der Waals surface area contributed by atoms with Gasteiger partial charge in [-0.25, -0.2) is 4.79 Å². The van der Waals surface area contributed by atoms with E-state index in [2.05, 4.69) is 5.10 Å². The minimum Gasteiger partial charge on any atom is -0.497 e. The number of ketones is 1. The average molecular weight is 423 g/mol. The Morgan fingerprint density at radius 3 is 2.39 bits per heavy atom. The Labute approximate surface area is 180 Å². The van der Waals surface area contributed by atoms with E-state index < -0.39 is 24.3 Å². The first-order valence-electron chi connectivity index (χ1n) is 9.73. The van der Waals surface area contributed by atoms with Crippen molar-refractivity contribution in [2.75, 3.05) is 20.8 Å². The molecule has 162 valence electrons. The number of likely N-dealkylation sites (N-methyl/N-ethyl adjacent to an activating group) is 1. The van der Waals surface area contributed by atoms with Crippen molar-refractivity contribution in [1.82, 2.24) is 14.7 Å². The summed E-state index contributed by atoms with van der Waals surface area (Å²) >= 11 is 0. The van der Waals surface area contributed by atoms with Crippen LogP contribution >= 0.6 is 0 Å². The van der Waals surface area contributed by atoms with Crippen LogP contribution < -0.4 is 4.74 Å². The maximum absolute atomic E-state index is 12.4. The SMILES string of the molecule is COc1ccc2cc(CN(C)C(=O)COC(=O)C(=O)c3c(C)nn(C)c3C)ccc2c1. The van der Waals surface area contributed by atoms with Gasteiger partial charge in [-0.05, 0) is 48.4 Å². The molecule has 0 aliphatic carbocycles. The van der Waals surface area contributed by atoms with Crippen LogP contribution in [0.2, 0.25) is 0 Å². The lowest BCUT2D eigenvalue weighted by Gasteiger charge is -2.17. The predicted molar refractivity (Wildman–Crippen MR) is 115 cm³/mol. The molecule has 3 rings (SSSR count). The van der Waals surface area contributed by atoms with Gasteiger partial charge in [0.25, 0.3) is 11.7 Å². The van der Waals surface area contributed by atoms with Crippen LogP contribution in [0.5, 0.6) is 5.75 Å². The summed E-state index contributed by atoms with van der Waals surface area (Å²) < 4.78 is 11.7. The molecule has 2 aromatic carbocycles. The predicted octanol–water partition coefficient (Wildman–Crippen LogP) is 2.58. The lowest BCUT2D eigenvalue weighted by Crippen LogP contribution is -2.32. The summed E-state index contributed by atoms with van der Waals surface area (Å²) in [6, 6.07) is 11.6. The second-order valence-corrected chi connectivity index (χ2v) is 7.37. The van der Waals surface area contributed by atoms with Crippen molar-refractivity contribution >= 4 is 28.4 Å². The molecule has 0 unspecified atom stereocenters. The number of Topliss-reactive ketones (excluding diaryl/α,β-unsaturated/α-hetero) is 1. The van der Waals surface area contributed by atoms with Gasteiger partial charge in [0, 0.05) is 26.3 Å². The summed E-state index contributed by atoms with van der Waals surface area (Å²) in [5.74, 6) is -1.50. The first-order chi connectivity index (χ1) is 14.7. The number of amides is 1. The molecule has 0 radical (unpaired) electrons. The minimum absolute atomic E-state index is 0.209. The van der Waals surface area contributed by atoms with Crippen molar-refractivity contribution in [3.63, 3.8) is 0 Å². The maximum Gasteiger partial charge on any atom is 0.380 e. The quantitative estimate of drug-likeness (QED) is 0.330. The van der Waals surface area contributed by atoms with Crippen LogP contribution in [0.25, 0.3) is 10.8 Å². The molecular formula is C23H25N3O5. The summed E-state index contributed by atoms with van der Waals surface area (Å²) in [5, 5.41) is 6.18. The van der Waals surface area contributed by atoms with E-state index in [1.807, 2.05) is 36.4 Å². The van der Waals surface area contributed by atoms with E-state index in [1.54, 1.807) is 35.1 Å². The second-order valence-electron chi connectivity index (χ2n) is 7.37. The van der Waals surface area contributed by atoms with Crippen LogP contribution in [0.15, 0.2) is 36.4 Å². The zero-order valence-corrected chi connectivity index (χ0v) is 18.3. The van der Waals surface area contributed by atoms with Crippen LogP contribution in [0, 0.1) is 13.8 Å². The molecule has 1 amide bonds. The van der Waals surface area contributed by atoms with Crippen molar-refractivity contribution in [3.8, 4) is 5.75 Å². The molecule has 0 saturated carbocycles. The number of fused-ring (bicyclic) bond motifs is 1. The largest absolute Gasteiger partial charge is 0.497 e. The highest BCUT2D eigenvalue weighted by Gasteiger charge is 2.26. The van der Waals surface area contributed by atoms with E-state index in [0.717, 1.165) is 22.1 Å². The molecule has 0 spiro atoms. The van der Waals surface area contributed by atoms with Crippen molar-refractivity contribution in [3.05, 3.63) is 58.9 Å². The van der Waals surface area contributed by atoms with Crippen molar-refractivity contribution in [1.29, 1.82) is 0 Å². The molecule has 0 fully saturated rings. The van der Waals surface area contributed by atoms with Crippen LogP contribution in [0.1, 0.15) is 27.3 Å². The number of benzene rings is 2. The number of aryl methyl sites for hydroxylation is 2. The Morgan fingerprint density at radius 1 is 1.06 bits per heavy atom. The topological polar surface area (TPSA) is 90.7 Å². The molecule has 0 aliphatic rings. The fourth-order valence-electron chi connectivity index (χ4n) is 3.37. The fourth-order valence-corrected chi connectivity index (χ4v) is 3.37. The maximum atomic E-state index is 12.4. The van der Waals surface area contributed by atoms with Gasteiger partial charge in [0.15, 0.2) is 6.61 Å². The monoisotopic (exact) mass is 423 g/mol. The van der Waals surface area contributed by atoms with E-state index in [1.165, 1.54) is 9.58 Å². The number of ether oxygens (including phenoxy) is 2. The summed E-state index contributed by atoms with van der Waals surface area (Å²) in [5.41, 5.74) is 2.15. The second kappa shape index (κ2) is 8.99. The summed E-state index contributed by atoms with van der Waals surface area (Å²) in [4.78, 5) is 38.4. The highest BCUT2D eigenvalue weighted by Crippen LogP contribution is 2.22. The van der Waals surface area contributed by atoms with Crippen LogP contribution in [-0.4, -0.2) is 53.1 Å². The van der Waals surface area contributed by atoms with E-state index in [-0.39, 0.29) is 5.56 Å². The zero-order valence-electron chi connectivity index (χ0n) is 18.3. The number of rotatable bonds is 7. The molecule has 8 nitrogen and oxygen atoms in total. The molecule has 0 saturated heterocycles. The number of carbonyl (C=O) groups excluding carboxylic acids is 3. The molecule has 0 atom stereocenters. The Bertz CT molecular complexity index is 1170. The summed E-state index contributed by atoms with van der Waals surface area (Å²) in [7, 11) is 4.92. The fraction of sp³-hybridized carbons (Fsp3) is 0.304. The average Bonchev–Trinajstić information content (AvgIpc) is 3.01. The summed E-state index contributed by atoms with van der Waals surface area (Å²) in [6.07, 6.45) is 0. The molecule has 0 N–H and O–H groups in total. The Kier molecular flexibility index (Phi) is 6.39. The van der Waals surface area contributed by atoms with Crippen molar-refractivity contribution in [2.24, 2.45) is 7.05 Å². The van der Waals surface area contributed by atoms with E-state index in [0.29, 0.717) is 17.9 Å². The molecule has 8 heteroatoms. The number of nitrogens with zero attached hydrogens (tertiary/aromatic N) is 3. The van der Waals surface area contributed by atoms with Crippen LogP contribution in [-0.2, 0) is 27.9 Å². The lowest BCUT2D eigenvalue weighted by atomic mass is 10.1. The van der Waals surface area contributed by atoms with Crippen LogP contribution in [0.4, 0.5) is 0 Å². The van der Waals surface area contributed by atoms with E-state index >= 15 is 0 Å². The lowest BCUT2D eigenvalue weighted by molar-refractivity contribution is -0.147. The van der Waals surface area contributed by atoms with Gasteiger partial charge < -0.3 is 14.4 Å². The highest BCUT2D eigenvalue weighted by molar-refractivity contribution is 6.41. The van der Waals surface area contributed by atoms with Gasteiger partial charge in [-0.1, -0.05) is 18.2 Å². The zero-order chi connectivity index (χ0) is 22.7. The van der Waals surface area contributed by atoms with Gasteiger partial charge in [-0.2, -0.15) is 5.10 Å². The molecule has 0 bridgehead atoms. The molecule has 1 heterocycles. The minimum atomic E-state index is -1.07. The van der Waals surface area contributed by atoms with Gasteiger partial charge in [0.2, 0.25) is 0 Å².